The summed E-state index contributed by atoms with van der Waals surface area (Å²) in [7, 11) is 0. The van der Waals surface area contributed by atoms with Crippen LogP contribution in [0.5, 0.6) is 0 Å². The molecule has 0 aliphatic rings. The van der Waals surface area contributed by atoms with Crippen molar-refractivity contribution < 1.29 is 9.59 Å². The minimum Gasteiger partial charge on any atom is -0.356 e. The molecule has 1 aromatic rings. The van der Waals surface area contributed by atoms with Crippen molar-refractivity contribution in [3.8, 4) is 0 Å². The van der Waals surface area contributed by atoms with Crippen LogP contribution in [0.15, 0.2) is 24.3 Å². The summed E-state index contributed by atoms with van der Waals surface area (Å²) in [6.07, 6.45) is 1.68. The lowest BCUT2D eigenvalue weighted by Crippen LogP contribution is -2.22. The van der Waals surface area contributed by atoms with Crippen molar-refractivity contribution in [2.24, 2.45) is 0 Å². The minimum absolute atomic E-state index is 0.00178. The lowest BCUT2D eigenvalue weighted by Gasteiger charge is -2.05. The summed E-state index contributed by atoms with van der Waals surface area (Å²) in [6, 6.07) is 8.24. The summed E-state index contributed by atoms with van der Waals surface area (Å²) in [5.74, 6) is 0.00357. The third-order valence-corrected chi connectivity index (χ3v) is 2.60. The van der Waals surface area contributed by atoms with Gasteiger partial charge in [-0.2, -0.15) is 0 Å². The normalized spacial score (nSPS) is 9.89. The lowest BCUT2D eigenvalue weighted by molar-refractivity contribution is -0.119. The molecule has 2 N–H and O–H groups in total. The molecule has 0 aliphatic heterocycles. The highest BCUT2D eigenvalue weighted by Crippen LogP contribution is 2.05. The number of rotatable bonds is 6. The Morgan fingerprint density at radius 1 is 0.833 bits per heavy atom. The monoisotopic (exact) mass is 248 g/mol. The number of amides is 2. The number of hydrogen-bond acceptors (Lipinski definition) is 2. The Labute approximate surface area is 108 Å². The third kappa shape index (κ3) is 6.03. The van der Waals surface area contributed by atoms with Crippen LogP contribution in [0.1, 0.15) is 25.0 Å². The van der Waals surface area contributed by atoms with Gasteiger partial charge in [0.15, 0.2) is 0 Å². The first-order chi connectivity index (χ1) is 8.58. The first-order valence-corrected chi connectivity index (χ1v) is 6.14. The largest absolute Gasteiger partial charge is 0.356 e. The second-order valence-corrected chi connectivity index (χ2v) is 4.28. The average molecular weight is 248 g/mol. The van der Waals surface area contributed by atoms with Gasteiger partial charge in [-0.15, -0.1) is 0 Å². The standard InChI is InChI=1S/C14H20N2O2/c1-11(17)15-9-7-13-3-5-14(6-4-13)8-10-16-12(2)18/h3-6H,7-10H2,1-2H3,(H,15,17)(H,16,18). The Kier molecular flexibility index (Phi) is 5.91. The summed E-state index contributed by atoms with van der Waals surface area (Å²) in [5, 5.41) is 5.54. The smallest absolute Gasteiger partial charge is 0.216 e. The van der Waals surface area contributed by atoms with Crippen LogP contribution in [0.4, 0.5) is 0 Å². The first kappa shape index (κ1) is 14.2. The molecule has 0 fully saturated rings. The molecule has 0 atom stereocenters. The van der Waals surface area contributed by atoms with Crippen LogP contribution in [-0.2, 0) is 22.4 Å². The van der Waals surface area contributed by atoms with Crippen molar-refractivity contribution in [1.82, 2.24) is 10.6 Å². The predicted molar refractivity (Wildman–Crippen MR) is 71.2 cm³/mol. The van der Waals surface area contributed by atoms with Crippen LogP contribution in [0, 0.1) is 0 Å². The van der Waals surface area contributed by atoms with E-state index < -0.39 is 0 Å². The number of benzene rings is 1. The van der Waals surface area contributed by atoms with E-state index in [1.165, 1.54) is 25.0 Å². The average Bonchev–Trinajstić information content (AvgIpc) is 2.30. The molecule has 0 radical (unpaired) electrons. The third-order valence-electron chi connectivity index (χ3n) is 2.60. The van der Waals surface area contributed by atoms with Gasteiger partial charge in [0.05, 0.1) is 0 Å². The summed E-state index contributed by atoms with van der Waals surface area (Å²) in [6.45, 7) is 4.37. The molecule has 18 heavy (non-hydrogen) atoms. The van der Waals surface area contributed by atoms with Gasteiger partial charge in [-0.3, -0.25) is 9.59 Å². The van der Waals surface area contributed by atoms with Crippen LogP contribution in [0.2, 0.25) is 0 Å². The van der Waals surface area contributed by atoms with Crippen molar-refractivity contribution in [3.63, 3.8) is 0 Å². The molecule has 4 heteroatoms. The molecule has 1 aromatic carbocycles. The van der Waals surface area contributed by atoms with Gasteiger partial charge in [0.2, 0.25) is 11.8 Å². The Morgan fingerprint density at radius 3 is 1.44 bits per heavy atom. The van der Waals surface area contributed by atoms with E-state index in [2.05, 4.69) is 34.9 Å². The molecule has 0 saturated heterocycles. The summed E-state index contributed by atoms with van der Waals surface area (Å²) in [5.41, 5.74) is 2.40. The second kappa shape index (κ2) is 7.48. The Bertz CT molecular complexity index is 360. The van der Waals surface area contributed by atoms with Crippen LogP contribution >= 0.6 is 0 Å². The molecule has 0 aliphatic carbocycles. The molecule has 1 rings (SSSR count). The van der Waals surface area contributed by atoms with E-state index in [0.29, 0.717) is 13.1 Å². The Balaban J connectivity index is 2.33. The van der Waals surface area contributed by atoms with E-state index in [9.17, 15) is 9.59 Å². The number of nitrogens with one attached hydrogen (secondary N) is 2. The fourth-order valence-corrected chi connectivity index (χ4v) is 1.64. The second-order valence-electron chi connectivity index (χ2n) is 4.28. The van der Waals surface area contributed by atoms with Crippen molar-refractivity contribution in [2.45, 2.75) is 26.7 Å². The van der Waals surface area contributed by atoms with Crippen molar-refractivity contribution in [3.05, 3.63) is 35.4 Å². The van der Waals surface area contributed by atoms with E-state index in [1.807, 2.05) is 0 Å². The molecule has 0 bridgehead atoms. The van der Waals surface area contributed by atoms with Gasteiger partial charge in [0.25, 0.3) is 0 Å². The molecular formula is C14H20N2O2. The van der Waals surface area contributed by atoms with Gasteiger partial charge in [-0.1, -0.05) is 24.3 Å². The maximum atomic E-state index is 10.7. The summed E-state index contributed by atoms with van der Waals surface area (Å²) < 4.78 is 0. The Morgan fingerprint density at radius 2 is 1.17 bits per heavy atom. The van der Waals surface area contributed by atoms with E-state index in [-0.39, 0.29) is 11.8 Å². The van der Waals surface area contributed by atoms with Crippen molar-refractivity contribution >= 4 is 11.8 Å². The zero-order valence-electron chi connectivity index (χ0n) is 11.0. The van der Waals surface area contributed by atoms with Gasteiger partial charge >= 0.3 is 0 Å². The van der Waals surface area contributed by atoms with Gasteiger partial charge in [0.1, 0.15) is 0 Å². The van der Waals surface area contributed by atoms with Crippen molar-refractivity contribution in [2.75, 3.05) is 13.1 Å². The van der Waals surface area contributed by atoms with Crippen LogP contribution < -0.4 is 10.6 Å². The summed E-state index contributed by atoms with van der Waals surface area (Å²) >= 11 is 0. The molecule has 0 saturated carbocycles. The first-order valence-electron chi connectivity index (χ1n) is 6.14. The fraction of sp³-hybridized carbons (Fsp3) is 0.429. The van der Waals surface area contributed by atoms with E-state index in [4.69, 9.17) is 0 Å². The SMILES string of the molecule is CC(=O)NCCc1ccc(CCNC(C)=O)cc1. The molecule has 0 aromatic heterocycles. The predicted octanol–water partition coefficient (Wildman–Crippen LogP) is 1.04. The Hall–Kier alpha value is -1.84. The topological polar surface area (TPSA) is 58.2 Å². The van der Waals surface area contributed by atoms with Crippen LogP contribution in [0.25, 0.3) is 0 Å². The maximum absolute atomic E-state index is 10.7. The van der Waals surface area contributed by atoms with E-state index in [0.717, 1.165) is 12.8 Å². The lowest BCUT2D eigenvalue weighted by atomic mass is 10.1. The summed E-state index contributed by atoms with van der Waals surface area (Å²) in [4.78, 5) is 21.4. The van der Waals surface area contributed by atoms with Gasteiger partial charge in [0, 0.05) is 26.9 Å². The van der Waals surface area contributed by atoms with E-state index >= 15 is 0 Å². The highest BCUT2D eigenvalue weighted by atomic mass is 16.1. The van der Waals surface area contributed by atoms with Crippen LogP contribution in [0.3, 0.4) is 0 Å². The molecule has 4 nitrogen and oxygen atoms in total. The van der Waals surface area contributed by atoms with E-state index in [1.54, 1.807) is 0 Å². The number of carbonyl (C=O) groups is 2. The highest BCUT2D eigenvalue weighted by Gasteiger charge is 1.97. The van der Waals surface area contributed by atoms with Gasteiger partial charge in [-0.05, 0) is 24.0 Å². The number of carbonyl (C=O) groups excluding carboxylic acids is 2. The van der Waals surface area contributed by atoms with Gasteiger partial charge in [-0.25, -0.2) is 0 Å². The molecule has 0 spiro atoms. The molecule has 0 unspecified atom stereocenters. The molecule has 2 amide bonds. The quantitative estimate of drug-likeness (QED) is 0.790. The van der Waals surface area contributed by atoms with Crippen LogP contribution in [-0.4, -0.2) is 24.9 Å². The van der Waals surface area contributed by atoms with Gasteiger partial charge < -0.3 is 10.6 Å². The minimum atomic E-state index is 0.00178. The number of hydrogen-bond donors (Lipinski definition) is 2. The molecule has 0 heterocycles. The van der Waals surface area contributed by atoms with Crippen molar-refractivity contribution in [1.29, 1.82) is 0 Å². The zero-order valence-corrected chi connectivity index (χ0v) is 11.0. The molecule has 98 valence electrons. The fourth-order valence-electron chi connectivity index (χ4n) is 1.64. The molecular weight excluding hydrogens is 228 g/mol. The maximum Gasteiger partial charge on any atom is 0.216 e. The zero-order chi connectivity index (χ0) is 13.4. The highest BCUT2D eigenvalue weighted by molar-refractivity contribution is 5.73.